The summed E-state index contributed by atoms with van der Waals surface area (Å²) in [6, 6.07) is 7.33. The van der Waals surface area contributed by atoms with Crippen LogP contribution < -0.4 is 5.43 Å². The van der Waals surface area contributed by atoms with Crippen molar-refractivity contribution in [2.24, 2.45) is 0 Å². The van der Waals surface area contributed by atoms with Crippen molar-refractivity contribution in [3.05, 3.63) is 47.3 Å². The Morgan fingerprint density at radius 2 is 1.94 bits per heavy atom. The van der Waals surface area contributed by atoms with Gasteiger partial charge >= 0.3 is 0 Å². The Morgan fingerprint density at radius 1 is 1.25 bits per heavy atom. The third-order valence-electron chi connectivity index (χ3n) is 2.14. The topological polar surface area (TPSA) is 59.8 Å². The molecular weight excluding hydrogens is 204 g/mol. The van der Waals surface area contributed by atoms with Gasteiger partial charge in [-0.25, -0.2) is 5.43 Å². The van der Waals surface area contributed by atoms with Crippen molar-refractivity contribution in [2.75, 3.05) is 5.43 Å². The van der Waals surface area contributed by atoms with Crippen LogP contribution in [-0.4, -0.2) is 21.0 Å². The number of amides is 1. The first-order chi connectivity index (χ1) is 7.65. The predicted octanol–water partition coefficient (Wildman–Crippen LogP) is 1.28. The van der Waals surface area contributed by atoms with Gasteiger partial charge in [0.15, 0.2) is 0 Å². The van der Waals surface area contributed by atoms with Gasteiger partial charge in [-0.1, -0.05) is 17.7 Å². The molecule has 0 radical (unpaired) electrons. The van der Waals surface area contributed by atoms with Gasteiger partial charge < -0.3 is 0 Å². The molecule has 16 heavy (non-hydrogen) atoms. The molecule has 1 aromatic carbocycles. The molecule has 0 saturated carbocycles. The van der Waals surface area contributed by atoms with Crippen molar-refractivity contribution < 1.29 is 4.79 Å². The summed E-state index contributed by atoms with van der Waals surface area (Å²) in [4.78, 5) is 13.0. The summed E-state index contributed by atoms with van der Waals surface area (Å²) >= 11 is 0. The second kappa shape index (κ2) is 4.14. The van der Waals surface area contributed by atoms with E-state index in [2.05, 4.69) is 15.7 Å². The minimum Gasteiger partial charge on any atom is -0.267 e. The second-order valence-corrected chi connectivity index (χ2v) is 3.61. The third-order valence-corrected chi connectivity index (χ3v) is 2.14. The summed E-state index contributed by atoms with van der Waals surface area (Å²) in [6.07, 6.45) is 1.64. The zero-order valence-electron chi connectivity index (χ0n) is 9.14. The van der Waals surface area contributed by atoms with E-state index in [1.165, 1.54) is 4.79 Å². The Bertz CT molecular complexity index is 501. The molecular formula is C11H12N4O. The van der Waals surface area contributed by atoms with Crippen LogP contribution in [-0.2, 0) is 0 Å². The zero-order valence-corrected chi connectivity index (χ0v) is 9.14. The van der Waals surface area contributed by atoms with Crippen LogP contribution in [0.1, 0.15) is 21.6 Å². The van der Waals surface area contributed by atoms with Crippen molar-refractivity contribution >= 4 is 5.91 Å². The molecule has 0 spiro atoms. The highest BCUT2D eigenvalue weighted by molar-refractivity contribution is 5.99. The van der Waals surface area contributed by atoms with E-state index in [-0.39, 0.29) is 5.91 Å². The van der Waals surface area contributed by atoms with E-state index >= 15 is 0 Å². The maximum atomic E-state index is 11.7. The lowest BCUT2D eigenvalue weighted by Gasteiger charge is -2.03. The number of benzene rings is 1. The van der Waals surface area contributed by atoms with E-state index in [9.17, 15) is 4.79 Å². The maximum Gasteiger partial charge on any atom is 0.271 e. The molecule has 0 unspecified atom stereocenters. The smallest absolute Gasteiger partial charge is 0.267 e. The van der Waals surface area contributed by atoms with Crippen LogP contribution in [0.3, 0.4) is 0 Å². The first-order valence-corrected chi connectivity index (χ1v) is 4.92. The van der Waals surface area contributed by atoms with Crippen molar-refractivity contribution in [1.29, 1.82) is 0 Å². The van der Waals surface area contributed by atoms with Gasteiger partial charge in [-0.2, -0.15) is 4.79 Å². The van der Waals surface area contributed by atoms with E-state index in [1.807, 2.05) is 26.0 Å². The molecule has 5 heteroatoms. The molecule has 2 aromatic rings. The molecule has 1 N–H and O–H groups in total. The number of carbonyl (C=O) groups excluding carboxylic acids is 1. The monoisotopic (exact) mass is 216 g/mol. The summed E-state index contributed by atoms with van der Waals surface area (Å²) in [5.41, 5.74) is 5.07. The molecule has 0 fully saturated rings. The Kier molecular flexibility index (Phi) is 2.68. The first kappa shape index (κ1) is 10.4. The van der Waals surface area contributed by atoms with E-state index in [0.29, 0.717) is 5.56 Å². The average Bonchev–Trinajstić information content (AvgIpc) is 2.65. The van der Waals surface area contributed by atoms with Gasteiger partial charge in [-0.05, 0) is 31.2 Å². The van der Waals surface area contributed by atoms with Crippen molar-refractivity contribution in [2.45, 2.75) is 13.8 Å². The van der Waals surface area contributed by atoms with Crippen molar-refractivity contribution in [1.82, 2.24) is 15.1 Å². The van der Waals surface area contributed by atoms with E-state index in [1.54, 1.807) is 18.3 Å². The van der Waals surface area contributed by atoms with E-state index < -0.39 is 0 Å². The summed E-state index contributed by atoms with van der Waals surface area (Å²) in [5.74, 6) is -0.204. The van der Waals surface area contributed by atoms with E-state index in [4.69, 9.17) is 0 Å². The molecule has 5 nitrogen and oxygen atoms in total. The maximum absolute atomic E-state index is 11.7. The molecule has 0 atom stereocenters. The Balaban J connectivity index is 2.11. The third kappa shape index (κ3) is 2.25. The lowest BCUT2D eigenvalue weighted by Crippen LogP contribution is -2.23. The van der Waals surface area contributed by atoms with Crippen LogP contribution in [0.4, 0.5) is 0 Å². The quantitative estimate of drug-likeness (QED) is 0.822. The number of hydrogen-bond acceptors (Lipinski definition) is 3. The number of aromatic nitrogens is 3. The fraction of sp³-hybridized carbons (Fsp3) is 0.182. The summed E-state index contributed by atoms with van der Waals surface area (Å²) in [5, 5.41) is 7.51. The first-order valence-electron chi connectivity index (χ1n) is 4.92. The molecule has 0 aliphatic rings. The molecule has 1 heterocycles. The number of aryl methyl sites for hydroxylation is 2. The SMILES string of the molecule is Cc1ccc(C(=O)Nn2cc(C)nn2)cc1. The van der Waals surface area contributed by atoms with Crippen LogP contribution >= 0.6 is 0 Å². The molecule has 0 aliphatic carbocycles. The molecule has 0 saturated heterocycles. The van der Waals surface area contributed by atoms with Gasteiger partial charge in [0, 0.05) is 5.56 Å². The van der Waals surface area contributed by atoms with Gasteiger partial charge in [0.25, 0.3) is 5.91 Å². The Hall–Kier alpha value is -2.17. The molecule has 2 rings (SSSR count). The van der Waals surface area contributed by atoms with Crippen molar-refractivity contribution in [3.8, 4) is 0 Å². The number of nitrogens with one attached hydrogen (secondary N) is 1. The average molecular weight is 216 g/mol. The standard InChI is InChI=1S/C11H12N4O/c1-8-3-5-10(6-4-8)11(16)13-15-7-9(2)12-14-15/h3-7H,1-2H3,(H,13,16). The van der Waals surface area contributed by atoms with Crippen molar-refractivity contribution in [3.63, 3.8) is 0 Å². The Labute approximate surface area is 93.1 Å². The second-order valence-electron chi connectivity index (χ2n) is 3.61. The summed E-state index contributed by atoms with van der Waals surface area (Å²) in [7, 11) is 0. The Morgan fingerprint density at radius 3 is 2.50 bits per heavy atom. The highest BCUT2D eigenvalue weighted by atomic mass is 16.2. The highest BCUT2D eigenvalue weighted by Gasteiger charge is 2.05. The zero-order chi connectivity index (χ0) is 11.5. The van der Waals surface area contributed by atoms with Gasteiger partial charge in [0.2, 0.25) is 0 Å². The van der Waals surface area contributed by atoms with E-state index in [0.717, 1.165) is 11.3 Å². The summed E-state index contributed by atoms with van der Waals surface area (Å²) in [6.45, 7) is 3.78. The lowest BCUT2D eigenvalue weighted by atomic mass is 10.1. The number of nitrogens with zero attached hydrogens (tertiary/aromatic N) is 3. The fourth-order valence-electron chi connectivity index (χ4n) is 1.28. The van der Waals surface area contributed by atoms with Gasteiger partial charge in [-0.15, -0.1) is 5.10 Å². The number of hydrogen-bond donors (Lipinski definition) is 1. The van der Waals surface area contributed by atoms with Gasteiger partial charge in [0.05, 0.1) is 11.9 Å². The minimum absolute atomic E-state index is 0.204. The van der Waals surface area contributed by atoms with Crippen LogP contribution in [0, 0.1) is 13.8 Å². The van der Waals surface area contributed by atoms with Crippen LogP contribution in [0.25, 0.3) is 0 Å². The van der Waals surface area contributed by atoms with Gasteiger partial charge in [0.1, 0.15) is 0 Å². The van der Waals surface area contributed by atoms with Gasteiger partial charge in [-0.3, -0.25) is 4.79 Å². The normalized spacial score (nSPS) is 10.1. The molecule has 82 valence electrons. The van der Waals surface area contributed by atoms with Crippen LogP contribution in [0.5, 0.6) is 0 Å². The molecule has 0 bridgehead atoms. The highest BCUT2D eigenvalue weighted by Crippen LogP contribution is 2.03. The molecule has 1 aromatic heterocycles. The lowest BCUT2D eigenvalue weighted by molar-refractivity contribution is 0.100. The largest absolute Gasteiger partial charge is 0.271 e. The summed E-state index contributed by atoms with van der Waals surface area (Å²) < 4.78 is 0. The van der Waals surface area contributed by atoms with Crippen LogP contribution in [0.2, 0.25) is 0 Å². The predicted molar refractivity (Wildman–Crippen MR) is 59.6 cm³/mol. The number of rotatable bonds is 2. The van der Waals surface area contributed by atoms with Crippen LogP contribution in [0.15, 0.2) is 30.5 Å². The fourth-order valence-corrected chi connectivity index (χ4v) is 1.28. The number of carbonyl (C=O) groups is 1. The minimum atomic E-state index is -0.204. The molecule has 0 aliphatic heterocycles. The molecule has 1 amide bonds.